The number of rotatable bonds is 6. The highest BCUT2D eigenvalue weighted by molar-refractivity contribution is 6.06. The lowest BCUT2D eigenvalue weighted by Crippen LogP contribution is -2.19. The maximum Gasteiger partial charge on any atom is 0.143 e. The number of ether oxygens (including phenoxy) is 2. The van der Waals surface area contributed by atoms with Gasteiger partial charge in [0.25, 0.3) is 0 Å². The van der Waals surface area contributed by atoms with Crippen LogP contribution in [0.4, 0.5) is 15.9 Å². The number of pyridine rings is 1. The number of hydrogen-bond donors (Lipinski definition) is 2. The van der Waals surface area contributed by atoms with Gasteiger partial charge in [0.1, 0.15) is 29.2 Å². The van der Waals surface area contributed by atoms with Gasteiger partial charge >= 0.3 is 0 Å². The molecular weight excluding hydrogens is 497 g/mol. The Kier molecular flexibility index (Phi) is 6.40. The third-order valence-corrected chi connectivity index (χ3v) is 7.30. The normalized spacial score (nSPS) is 15.1. The first-order valence-electron chi connectivity index (χ1n) is 12.9. The molecule has 6 rings (SSSR count). The summed E-state index contributed by atoms with van der Waals surface area (Å²) in [7, 11) is 1.89. The molecule has 1 saturated heterocycles. The lowest BCUT2D eigenvalue weighted by atomic mass is 10.0. The summed E-state index contributed by atoms with van der Waals surface area (Å²) in [6.45, 7) is 3.38. The van der Waals surface area contributed by atoms with E-state index in [1.807, 2.05) is 41.7 Å². The van der Waals surface area contributed by atoms with E-state index < -0.39 is 0 Å². The molecule has 10 heteroatoms. The quantitative estimate of drug-likeness (QED) is 0.288. The second kappa shape index (κ2) is 10.0. The molecule has 1 aliphatic rings. The summed E-state index contributed by atoms with van der Waals surface area (Å²) < 4.78 is 28.9. The van der Waals surface area contributed by atoms with Gasteiger partial charge in [-0.25, -0.2) is 9.37 Å². The summed E-state index contributed by atoms with van der Waals surface area (Å²) in [5, 5.41) is 10.2. The zero-order valence-corrected chi connectivity index (χ0v) is 21.8. The zero-order chi connectivity index (χ0) is 27.1. The fourth-order valence-corrected chi connectivity index (χ4v) is 5.15. The number of fused-ring (bicyclic) bond motifs is 1. The Morgan fingerprint density at radius 3 is 2.59 bits per heavy atom. The molecule has 1 fully saturated rings. The molecule has 0 radical (unpaired) electrons. The summed E-state index contributed by atoms with van der Waals surface area (Å²) in [5.74, 6) is 0.590. The average Bonchev–Trinajstić information content (AvgIpc) is 3.57. The van der Waals surface area contributed by atoms with Crippen LogP contribution < -0.4 is 16.2 Å². The topological polar surface area (TPSA) is 119 Å². The summed E-state index contributed by atoms with van der Waals surface area (Å²) in [4.78, 5) is 4.52. The van der Waals surface area contributed by atoms with E-state index in [0.29, 0.717) is 29.0 Å². The van der Waals surface area contributed by atoms with E-state index in [1.54, 1.807) is 24.4 Å². The van der Waals surface area contributed by atoms with E-state index in [-0.39, 0.29) is 11.9 Å². The van der Waals surface area contributed by atoms with Crippen molar-refractivity contribution in [3.05, 3.63) is 72.4 Å². The van der Waals surface area contributed by atoms with Gasteiger partial charge in [0.05, 0.1) is 28.8 Å². The molecule has 5 aromatic rings. The molecule has 0 spiro atoms. The van der Waals surface area contributed by atoms with E-state index in [9.17, 15) is 4.39 Å². The first kappa shape index (κ1) is 24.9. The number of nitrogens with two attached hydrogens (primary N) is 2. The van der Waals surface area contributed by atoms with Gasteiger partial charge in [0, 0.05) is 49.3 Å². The van der Waals surface area contributed by atoms with Gasteiger partial charge in [0.2, 0.25) is 0 Å². The fraction of sp³-hybridized carbons (Fsp3) is 0.276. The Labute approximate surface area is 225 Å². The van der Waals surface area contributed by atoms with Gasteiger partial charge in [-0.05, 0) is 49.6 Å². The van der Waals surface area contributed by atoms with Crippen molar-refractivity contribution in [3.63, 3.8) is 0 Å². The molecule has 0 aliphatic carbocycles. The second-order valence-corrected chi connectivity index (χ2v) is 9.87. The van der Waals surface area contributed by atoms with Crippen LogP contribution in [0.2, 0.25) is 0 Å². The molecule has 4 N–H and O–H groups in total. The maximum atomic E-state index is 13.4. The summed E-state index contributed by atoms with van der Waals surface area (Å²) in [5.41, 5.74) is 18.2. The van der Waals surface area contributed by atoms with Gasteiger partial charge in [-0.1, -0.05) is 18.2 Å². The summed E-state index contributed by atoms with van der Waals surface area (Å²) >= 11 is 0. The van der Waals surface area contributed by atoms with Crippen molar-refractivity contribution >= 4 is 22.4 Å². The van der Waals surface area contributed by atoms with Gasteiger partial charge in [-0.3, -0.25) is 9.36 Å². The van der Waals surface area contributed by atoms with Crippen molar-refractivity contribution in [1.82, 2.24) is 24.5 Å². The van der Waals surface area contributed by atoms with Crippen molar-refractivity contribution < 1.29 is 13.9 Å². The predicted molar refractivity (Wildman–Crippen MR) is 149 cm³/mol. The number of hydrogen-bond acceptors (Lipinski definition) is 7. The number of anilines is 2. The Bertz CT molecular complexity index is 1640. The van der Waals surface area contributed by atoms with Crippen LogP contribution in [0.5, 0.6) is 5.75 Å². The monoisotopic (exact) mass is 527 g/mol. The third-order valence-electron chi connectivity index (χ3n) is 7.30. The molecule has 2 aromatic carbocycles. The van der Waals surface area contributed by atoms with Crippen LogP contribution in [-0.2, 0) is 11.8 Å². The minimum atomic E-state index is -0.339. The molecule has 0 unspecified atom stereocenters. The molecule has 39 heavy (non-hydrogen) atoms. The molecule has 4 heterocycles. The first-order valence-corrected chi connectivity index (χ1v) is 12.9. The standard InChI is InChI=1S/C29H30FN7O2/c1-17(18-3-6-21(30)7-4-18)39-25-13-19(5-8-24(25)31)27-26-28(36(2)35-27)23(15-33-29(26)32)20-14-34-37(16-20)22-9-11-38-12-10-22/h3-8,13-17,22H,9-12,31H2,1-2H3,(H2,32,33)/t17-/m0/s1. The average molecular weight is 528 g/mol. The molecule has 9 nitrogen and oxygen atoms in total. The number of aryl methyl sites for hydroxylation is 1. The highest BCUT2D eigenvalue weighted by Crippen LogP contribution is 2.39. The van der Waals surface area contributed by atoms with Crippen molar-refractivity contribution in [3.8, 4) is 28.1 Å². The van der Waals surface area contributed by atoms with Crippen molar-refractivity contribution in [1.29, 1.82) is 0 Å². The fourth-order valence-electron chi connectivity index (χ4n) is 5.15. The lowest BCUT2D eigenvalue weighted by molar-refractivity contribution is 0.0662. The van der Waals surface area contributed by atoms with Crippen LogP contribution in [0, 0.1) is 5.82 Å². The largest absolute Gasteiger partial charge is 0.484 e. The van der Waals surface area contributed by atoms with E-state index in [1.165, 1.54) is 12.1 Å². The highest BCUT2D eigenvalue weighted by atomic mass is 19.1. The third kappa shape index (κ3) is 4.67. The minimum Gasteiger partial charge on any atom is -0.484 e. The number of benzene rings is 2. The van der Waals surface area contributed by atoms with E-state index in [2.05, 4.69) is 16.3 Å². The first-order chi connectivity index (χ1) is 18.9. The van der Waals surface area contributed by atoms with Crippen molar-refractivity contribution in [2.24, 2.45) is 7.05 Å². The summed E-state index contributed by atoms with van der Waals surface area (Å²) in [6.07, 6.45) is 7.23. The Balaban J connectivity index is 1.37. The van der Waals surface area contributed by atoms with E-state index >= 15 is 0 Å². The maximum absolute atomic E-state index is 13.4. The Hall–Kier alpha value is -4.44. The second-order valence-electron chi connectivity index (χ2n) is 9.87. The molecular formula is C29H30FN7O2. The number of aromatic nitrogens is 5. The summed E-state index contributed by atoms with van der Waals surface area (Å²) in [6, 6.07) is 12.1. The van der Waals surface area contributed by atoms with Crippen molar-refractivity contribution in [2.45, 2.75) is 31.9 Å². The van der Waals surface area contributed by atoms with Crippen molar-refractivity contribution in [2.75, 3.05) is 24.7 Å². The molecule has 200 valence electrons. The SMILES string of the molecule is C[C@H](Oc1cc(-c2nn(C)c3c(-c4cnn(C5CCOCC5)c4)cnc(N)c23)ccc1N)c1ccc(F)cc1. The molecule has 3 aromatic heterocycles. The number of halogens is 1. The van der Waals surface area contributed by atoms with Crippen LogP contribution >= 0.6 is 0 Å². The molecule has 0 amide bonds. The predicted octanol–water partition coefficient (Wildman–Crippen LogP) is 5.29. The van der Waals surface area contributed by atoms with Crippen LogP contribution in [-0.4, -0.2) is 37.8 Å². The van der Waals surface area contributed by atoms with E-state index in [4.69, 9.17) is 26.0 Å². The van der Waals surface area contributed by atoms with E-state index in [0.717, 1.165) is 59.2 Å². The Morgan fingerprint density at radius 1 is 1.05 bits per heavy atom. The Morgan fingerprint density at radius 2 is 1.82 bits per heavy atom. The van der Waals surface area contributed by atoms with Crippen LogP contribution in [0.15, 0.2) is 61.1 Å². The molecule has 0 bridgehead atoms. The number of nitrogens with zero attached hydrogens (tertiary/aromatic N) is 5. The van der Waals surface area contributed by atoms with Crippen LogP contribution in [0.1, 0.15) is 37.5 Å². The van der Waals surface area contributed by atoms with Gasteiger partial charge in [0.15, 0.2) is 0 Å². The van der Waals surface area contributed by atoms with Crippen LogP contribution in [0.25, 0.3) is 33.3 Å². The number of nitrogen functional groups attached to an aromatic ring is 2. The molecule has 0 saturated carbocycles. The molecule has 1 aliphatic heterocycles. The highest BCUT2D eigenvalue weighted by Gasteiger charge is 2.22. The molecule has 1 atom stereocenters. The lowest BCUT2D eigenvalue weighted by Gasteiger charge is -2.22. The van der Waals surface area contributed by atoms with Gasteiger partial charge in [-0.15, -0.1) is 0 Å². The van der Waals surface area contributed by atoms with Gasteiger partial charge in [-0.2, -0.15) is 10.2 Å². The van der Waals surface area contributed by atoms with Gasteiger partial charge < -0.3 is 20.9 Å². The minimum absolute atomic E-state index is 0.295. The smallest absolute Gasteiger partial charge is 0.143 e. The van der Waals surface area contributed by atoms with Crippen LogP contribution in [0.3, 0.4) is 0 Å². The zero-order valence-electron chi connectivity index (χ0n) is 21.8.